The highest BCUT2D eigenvalue weighted by atomic mass is 32.1. The zero-order chi connectivity index (χ0) is 11.8. The van der Waals surface area contributed by atoms with Gasteiger partial charge in [-0.15, -0.1) is 11.3 Å². The number of fused-ring (bicyclic) bond motifs is 1. The lowest BCUT2D eigenvalue weighted by atomic mass is 10.2. The largest absolute Gasteiger partial charge is 0.455 e. The third kappa shape index (κ3) is 1.77. The molecule has 0 saturated carbocycles. The van der Waals surface area contributed by atoms with E-state index in [1.165, 1.54) is 10.4 Å². The molecule has 3 aromatic rings. The van der Waals surface area contributed by atoms with Crippen molar-refractivity contribution in [3.63, 3.8) is 0 Å². The van der Waals surface area contributed by atoms with Crippen molar-refractivity contribution in [3.8, 4) is 10.6 Å². The lowest BCUT2D eigenvalue weighted by Gasteiger charge is -1.92. The molecule has 0 aliphatic carbocycles. The summed E-state index contributed by atoms with van der Waals surface area (Å²) in [7, 11) is 0. The number of hydrogen-bond donors (Lipinski definition) is 1. The molecule has 0 fully saturated rings. The number of hydrogen-bond acceptors (Lipinski definition) is 3. The van der Waals surface area contributed by atoms with Gasteiger partial charge in [-0.2, -0.15) is 0 Å². The van der Waals surface area contributed by atoms with Gasteiger partial charge in [-0.1, -0.05) is 18.2 Å². The third-order valence-electron chi connectivity index (χ3n) is 2.85. The van der Waals surface area contributed by atoms with Crippen molar-refractivity contribution >= 4 is 22.3 Å². The molecule has 2 heterocycles. The molecule has 0 spiro atoms. The Labute approximate surface area is 104 Å². The third-order valence-corrected chi connectivity index (χ3v) is 3.97. The Morgan fingerprint density at radius 1 is 1.24 bits per heavy atom. The first-order chi connectivity index (χ1) is 8.28. The van der Waals surface area contributed by atoms with E-state index >= 15 is 0 Å². The maximum absolute atomic E-state index is 5.91. The van der Waals surface area contributed by atoms with Gasteiger partial charge in [0, 0.05) is 16.8 Å². The van der Waals surface area contributed by atoms with Gasteiger partial charge >= 0.3 is 0 Å². The number of benzene rings is 1. The molecule has 0 bridgehead atoms. The average Bonchev–Trinajstić information content (AvgIpc) is 2.95. The van der Waals surface area contributed by atoms with Gasteiger partial charge < -0.3 is 10.2 Å². The van der Waals surface area contributed by atoms with Crippen LogP contribution in [0.15, 0.2) is 40.8 Å². The quantitative estimate of drug-likeness (QED) is 0.740. The van der Waals surface area contributed by atoms with Crippen molar-refractivity contribution in [2.45, 2.75) is 13.5 Å². The molecule has 0 unspecified atom stereocenters. The summed E-state index contributed by atoms with van der Waals surface area (Å²) in [6.07, 6.45) is 0. The van der Waals surface area contributed by atoms with Crippen LogP contribution in [-0.4, -0.2) is 0 Å². The zero-order valence-corrected chi connectivity index (χ0v) is 10.4. The molecule has 0 aliphatic heterocycles. The highest BCUT2D eigenvalue weighted by Gasteiger charge is 2.09. The van der Waals surface area contributed by atoms with Crippen LogP contribution in [0.4, 0.5) is 0 Å². The Hall–Kier alpha value is -1.58. The fraction of sp³-hybridized carbons (Fsp3) is 0.143. The molecule has 17 heavy (non-hydrogen) atoms. The molecular formula is C14H13NOS. The first-order valence-corrected chi connectivity index (χ1v) is 6.38. The van der Waals surface area contributed by atoms with E-state index in [-0.39, 0.29) is 0 Å². The normalized spacial score (nSPS) is 11.2. The highest BCUT2D eigenvalue weighted by Crippen LogP contribution is 2.33. The lowest BCUT2D eigenvalue weighted by Crippen LogP contribution is -1.90. The molecule has 2 aromatic heterocycles. The summed E-state index contributed by atoms with van der Waals surface area (Å²) in [4.78, 5) is 2.32. The van der Waals surface area contributed by atoms with Gasteiger partial charge in [0.15, 0.2) is 0 Å². The number of aryl methyl sites for hydroxylation is 1. The molecule has 0 saturated heterocycles. The van der Waals surface area contributed by atoms with Crippen LogP contribution in [0.2, 0.25) is 0 Å². The fourth-order valence-corrected chi connectivity index (χ4v) is 2.79. The van der Waals surface area contributed by atoms with Gasteiger partial charge in [0.2, 0.25) is 0 Å². The van der Waals surface area contributed by atoms with Crippen LogP contribution in [0.1, 0.15) is 10.4 Å². The molecule has 3 rings (SSSR count). The second kappa shape index (κ2) is 4.02. The van der Waals surface area contributed by atoms with Crippen LogP contribution in [-0.2, 0) is 6.54 Å². The van der Waals surface area contributed by atoms with Crippen LogP contribution in [0, 0.1) is 6.92 Å². The standard InChI is InChI=1S/C14H13NOS/c1-9-3-2-4-10-7-12(16-14(9)10)13-6-5-11(8-15)17-13/h2-7H,8,15H2,1H3. The molecular weight excluding hydrogens is 230 g/mol. The van der Waals surface area contributed by atoms with Crippen LogP contribution >= 0.6 is 11.3 Å². The van der Waals surface area contributed by atoms with Crippen molar-refractivity contribution in [1.82, 2.24) is 0 Å². The van der Waals surface area contributed by atoms with Crippen LogP contribution in [0.5, 0.6) is 0 Å². The van der Waals surface area contributed by atoms with E-state index in [1.807, 2.05) is 0 Å². The van der Waals surface area contributed by atoms with Crippen molar-refractivity contribution in [2.75, 3.05) is 0 Å². The van der Waals surface area contributed by atoms with Gasteiger partial charge in [0.05, 0.1) is 4.88 Å². The predicted octanol–water partition coefficient (Wildman–Crippen LogP) is 3.93. The topological polar surface area (TPSA) is 39.2 Å². The summed E-state index contributed by atoms with van der Waals surface area (Å²) in [5.74, 6) is 0.930. The van der Waals surface area contributed by atoms with Gasteiger partial charge in [-0.3, -0.25) is 0 Å². The monoisotopic (exact) mass is 243 g/mol. The molecule has 2 N–H and O–H groups in total. The highest BCUT2D eigenvalue weighted by molar-refractivity contribution is 7.15. The number of furan rings is 1. The summed E-state index contributed by atoms with van der Waals surface area (Å²) in [5.41, 5.74) is 7.77. The molecule has 0 atom stereocenters. The number of rotatable bonds is 2. The van der Waals surface area contributed by atoms with Crippen LogP contribution in [0.3, 0.4) is 0 Å². The molecule has 3 heteroatoms. The number of thiophene rings is 1. The Kier molecular flexibility index (Phi) is 2.50. The Morgan fingerprint density at radius 2 is 2.12 bits per heavy atom. The molecule has 2 nitrogen and oxygen atoms in total. The van der Waals surface area contributed by atoms with E-state index in [4.69, 9.17) is 10.2 Å². The summed E-state index contributed by atoms with van der Waals surface area (Å²) < 4.78 is 5.91. The van der Waals surface area contributed by atoms with Gasteiger partial charge in [-0.25, -0.2) is 0 Å². The minimum absolute atomic E-state index is 0.587. The number of nitrogens with two attached hydrogens (primary N) is 1. The van der Waals surface area contributed by atoms with Crippen molar-refractivity contribution in [1.29, 1.82) is 0 Å². The molecule has 0 amide bonds. The van der Waals surface area contributed by atoms with Gasteiger partial charge in [0.25, 0.3) is 0 Å². The van der Waals surface area contributed by atoms with E-state index in [2.05, 4.69) is 43.3 Å². The van der Waals surface area contributed by atoms with Crippen LogP contribution < -0.4 is 5.73 Å². The van der Waals surface area contributed by atoms with E-state index < -0.39 is 0 Å². The Balaban J connectivity index is 2.14. The Morgan fingerprint density at radius 3 is 2.82 bits per heavy atom. The summed E-state index contributed by atoms with van der Waals surface area (Å²) >= 11 is 1.69. The summed E-state index contributed by atoms with van der Waals surface area (Å²) in [5, 5.41) is 1.16. The maximum Gasteiger partial charge on any atom is 0.145 e. The molecule has 0 radical (unpaired) electrons. The summed E-state index contributed by atoms with van der Waals surface area (Å²) in [6, 6.07) is 12.4. The lowest BCUT2D eigenvalue weighted by molar-refractivity contribution is 0.630. The maximum atomic E-state index is 5.91. The van der Waals surface area contributed by atoms with Crippen molar-refractivity contribution in [2.24, 2.45) is 5.73 Å². The first kappa shape index (κ1) is 10.6. The summed E-state index contributed by atoms with van der Waals surface area (Å²) in [6.45, 7) is 2.65. The van der Waals surface area contributed by atoms with E-state index in [0.29, 0.717) is 6.54 Å². The van der Waals surface area contributed by atoms with E-state index in [1.54, 1.807) is 11.3 Å². The molecule has 0 aliphatic rings. The molecule has 1 aromatic carbocycles. The van der Waals surface area contributed by atoms with E-state index in [9.17, 15) is 0 Å². The second-order valence-electron chi connectivity index (χ2n) is 4.07. The minimum Gasteiger partial charge on any atom is -0.455 e. The predicted molar refractivity (Wildman–Crippen MR) is 72.2 cm³/mol. The zero-order valence-electron chi connectivity index (χ0n) is 9.57. The SMILES string of the molecule is Cc1cccc2cc(-c3ccc(CN)s3)oc12. The van der Waals surface area contributed by atoms with Gasteiger partial charge in [0.1, 0.15) is 11.3 Å². The first-order valence-electron chi connectivity index (χ1n) is 5.56. The molecule has 86 valence electrons. The number of para-hydroxylation sites is 1. The average molecular weight is 243 g/mol. The smallest absolute Gasteiger partial charge is 0.145 e. The van der Waals surface area contributed by atoms with Crippen molar-refractivity contribution in [3.05, 3.63) is 46.8 Å². The van der Waals surface area contributed by atoms with Crippen molar-refractivity contribution < 1.29 is 4.42 Å². The second-order valence-corrected chi connectivity index (χ2v) is 5.24. The minimum atomic E-state index is 0.587. The fourth-order valence-electron chi connectivity index (χ4n) is 1.95. The Bertz CT molecular complexity index is 666. The van der Waals surface area contributed by atoms with Crippen LogP contribution in [0.25, 0.3) is 21.6 Å². The van der Waals surface area contributed by atoms with Gasteiger partial charge in [-0.05, 0) is 30.7 Å². The van der Waals surface area contributed by atoms with E-state index in [0.717, 1.165) is 21.6 Å².